The number of ether oxygens (including phenoxy) is 1. The molecule has 0 spiro atoms. The van der Waals surface area contributed by atoms with Gasteiger partial charge in [-0.05, 0) is 6.92 Å². The maximum atomic E-state index is 13.1. The van der Waals surface area contributed by atoms with Crippen LogP contribution in [0.4, 0.5) is 10.5 Å². The molecule has 8 heteroatoms. The van der Waals surface area contributed by atoms with Crippen LogP contribution in [0.3, 0.4) is 0 Å². The molecular weight excluding hydrogens is 535 g/mol. The van der Waals surface area contributed by atoms with Crippen molar-refractivity contribution in [2.24, 2.45) is 0 Å². The van der Waals surface area contributed by atoms with Gasteiger partial charge in [0.1, 0.15) is 0 Å². The normalized spacial score (nSPS) is 13.0. The SMILES string of the molecule is Cc1cc(=O)oc2cc(NC(=O)C(CCCCI(C)C(C)C)NC(=O)OC(C)(C)C)ccc12. The van der Waals surface area contributed by atoms with Crippen molar-refractivity contribution in [1.29, 1.82) is 0 Å². The number of nitrogens with one attached hydrogen (secondary N) is 2. The molecule has 2 amide bonds. The summed E-state index contributed by atoms with van der Waals surface area (Å²) in [7, 11) is 0. The van der Waals surface area contributed by atoms with Gasteiger partial charge in [-0.15, -0.1) is 0 Å². The number of unbranched alkanes of at least 4 members (excludes halogenated alkanes) is 1. The van der Waals surface area contributed by atoms with Crippen molar-refractivity contribution in [3.63, 3.8) is 0 Å². The van der Waals surface area contributed by atoms with Crippen molar-refractivity contribution in [3.8, 4) is 0 Å². The first-order valence-electron chi connectivity index (χ1n) is 11.2. The Morgan fingerprint density at radius 2 is 1.85 bits per heavy atom. The summed E-state index contributed by atoms with van der Waals surface area (Å²) in [4.78, 5) is 39.5. The van der Waals surface area contributed by atoms with E-state index in [0.29, 0.717) is 17.7 Å². The maximum absolute atomic E-state index is 13.1. The first-order valence-corrected chi connectivity index (χ1v) is 16.2. The number of hydrogen-bond donors (Lipinski definition) is 2. The van der Waals surface area contributed by atoms with Crippen LogP contribution in [0.15, 0.2) is 33.5 Å². The Balaban J connectivity index is 2.11. The van der Waals surface area contributed by atoms with Crippen LogP contribution in [-0.4, -0.2) is 36.9 Å². The Hall–Kier alpha value is -2.10. The molecule has 7 nitrogen and oxygen atoms in total. The molecule has 0 radical (unpaired) electrons. The molecule has 1 unspecified atom stereocenters. The Labute approximate surface area is 203 Å². The van der Waals surface area contributed by atoms with Crippen LogP contribution in [0.5, 0.6) is 0 Å². The van der Waals surface area contributed by atoms with Gasteiger partial charge in [0, 0.05) is 6.07 Å². The Bertz CT molecular complexity index is 1030. The van der Waals surface area contributed by atoms with Crippen LogP contribution in [0.2, 0.25) is 0 Å². The van der Waals surface area contributed by atoms with E-state index >= 15 is 0 Å². The summed E-state index contributed by atoms with van der Waals surface area (Å²) in [5.41, 5.74) is 0.621. The van der Waals surface area contributed by atoms with E-state index in [0.717, 1.165) is 27.7 Å². The molecule has 184 valence electrons. The average Bonchev–Trinajstić information content (AvgIpc) is 2.68. The summed E-state index contributed by atoms with van der Waals surface area (Å²) in [6, 6.07) is 5.90. The molecule has 1 aromatic heterocycles. The fourth-order valence-electron chi connectivity index (χ4n) is 3.22. The molecule has 1 aromatic carbocycles. The molecule has 0 bridgehead atoms. The predicted molar refractivity (Wildman–Crippen MR) is 143 cm³/mol. The van der Waals surface area contributed by atoms with E-state index in [1.807, 2.05) is 6.92 Å². The number of anilines is 1. The van der Waals surface area contributed by atoms with Gasteiger partial charge < -0.3 is 0 Å². The third-order valence-corrected chi connectivity index (χ3v) is 11.9. The van der Waals surface area contributed by atoms with Crippen molar-refractivity contribution in [3.05, 3.63) is 40.2 Å². The second-order valence-electron chi connectivity index (χ2n) is 9.49. The van der Waals surface area contributed by atoms with Crippen LogP contribution < -0.4 is 16.3 Å². The van der Waals surface area contributed by atoms with Crippen molar-refractivity contribution in [2.45, 2.75) is 76.4 Å². The molecule has 2 N–H and O–H groups in total. The molecule has 0 aliphatic rings. The zero-order valence-electron chi connectivity index (χ0n) is 20.7. The molecule has 1 atom stereocenters. The summed E-state index contributed by atoms with van der Waals surface area (Å²) in [6.07, 6.45) is 1.79. The van der Waals surface area contributed by atoms with Gasteiger partial charge in [0.25, 0.3) is 0 Å². The van der Waals surface area contributed by atoms with Crippen molar-refractivity contribution in [2.75, 3.05) is 14.7 Å². The van der Waals surface area contributed by atoms with E-state index in [9.17, 15) is 14.4 Å². The number of carbonyl (C=O) groups is 2. The molecule has 2 rings (SSSR count). The second kappa shape index (κ2) is 11.9. The van der Waals surface area contributed by atoms with E-state index in [2.05, 4.69) is 29.4 Å². The quantitative estimate of drug-likeness (QED) is 0.175. The Kier molecular flexibility index (Phi) is 9.75. The van der Waals surface area contributed by atoms with Crippen LogP contribution in [0.1, 0.15) is 59.4 Å². The van der Waals surface area contributed by atoms with Crippen LogP contribution >= 0.6 is 19.8 Å². The van der Waals surface area contributed by atoms with Gasteiger partial charge in [0.2, 0.25) is 0 Å². The van der Waals surface area contributed by atoms with Gasteiger partial charge in [0.05, 0.1) is 0 Å². The molecule has 0 aliphatic heterocycles. The number of amides is 2. The molecule has 2 aromatic rings. The van der Waals surface area contributed by atoms with E-state index < -0.39 is 43.2 Å². The van der Waals surface area contributed by atoms with E-state index in [-0.39, 0.29) is 5.91 Å². The number of benzene rings is 1. The molecule has 1 heterocycles. The number of hydrogen-bond acceptors (Lipinski definition) is 5. The third-order valence-electron chi connectivity index (χ3n) is 5.15. The third kappa shape index (κ3) is 8.98. The van der Waals surface area contributed by atoms with Crippen molar-refractivity contribution >= 4 is 48.5 Å². The molecule has 0 fully saturated rings. The Morgan fingerprint density at radius 3 is 2.48 bits per heavy atom. The van der Waals surface area contributed by atoms with Gasteiger partial charge in [0.15, 0.2) is 0 Å². The zero-order chi connectivity index (χ0) is 24.8. The van der Waals surface area contributed by atoms with Crippen molar-refractivity contribution in [1.82, 2.24) is 5.32 Å². The number of alkyl halides is 3. The van der Waals surface area contributed by atoms with E-state index in [1.165, 1.54) is 10.5 Å². The summed E-state index contributed by atoms with van der Waals surface area (Å²) >= 11 is -0.932. The summed E-state index contributed by atoms with van der Waals surface area (Å²) in [5, 5.41) is 6.38. The number of aryl methyl sites for hydroxylation is 1. The van der Waals surface area contributed by atoms with Crippen LogP contribution in [0.25, 0.3) is 11.0 Å². The van der Waals surface area contributed by atoms with E-state index in [1.54, 1.807) is 39.0 Å². The fraction of sp³-hybridized carbons (Fsp3) is 0.560. The molecule has 0 aliphatic carbocycles. The number of alkyl carbamates (subject to hydrolysis) is 1. The second-order valence-corrected chi connectivity index (χ2v) is 16.7. The van der Waals surface area contributed by atoms with Gasteiger partial charge >= 0.3 is 186 Å². The first-order chi connectivity index (χ1) is 15.4. The minimum atomic E-state index is -0.932. The van der Waals surface area contributed by atoms with Crippen LogP contribution in [-0.2, 0) is 9.53 Å². The molecule has 33 heavy (non-hydrogen) atoms. The molecule has 0 saturated carbocycles. The topological polar surface area (TPSA) is 97.6 Å². The monoisotopic (exact) mass is 572 g/mol. The van der Waals surface area contributed by atoms with Crippen LogP contribution in [0, 0.1) is 6.92 Å². The number of halogens is 1. The van der Waals surface area contributed by atoms with Gasteiger partial charge in [-0.25, -0.2) is 4.79 Å². The molecular formula is C25H37IN2O5. The Morgan fingerprint density at radius 1 is 1.15 bits per heavy atom. The van der Waals surface area contributed by atoms with Gasteiger partial charge in [-0.3, -0.25) is 0 Å². The molecule has 0 saturated heterocycles. The average molecular weight is 572 g/mol. The zero-order valence-corrected chi connectivity index (χ0v) is 22.9. The minimum absolute atomic E-state index is 0.328. The van der Waals surface area contributed by atoms with Gasteiger partial charge in [-0.1, -0.05) is 0 Å². The summed E-state index contributed by atoms with van der Waals surface area (Å²) < 4.78 is 12.6. The number of fused-ring (bicyclic) bond motifs is 1. The summed E-state index contributed by atoms with van der Waals surface area (Å²) in [5.74, 6) is -0.328. The predicted octanol–water partition coefficient (Wildman–Crippen LogP) is 5.65. The van der Waals surface area contributed by atoms with Crippen molar-refractivity contribution < 1.29 is 18.7 Å². The van der Waals surface area contributed by atoms with Gasteiger partial charge in [-0.2, -0.15) is 0 Å². The summed E-state index contributed by atoms with van der Waals surface area (Å²) in [6.45, 7) is 11.7. The van der Waals surface area contributed by atoms with E-state index in [4.69, 9.17) is 9.15 Å². The first kappa shape index (κ1) is 27.1. The number of rotatable bonds is 9. The number of carbonyl (C=O) groups excluding carboxylic acids is 2. The standard InChI is InChI=1S/C25H37IN2O5/c1-16(2)26(7)13-9-8-10-20(28-24(31)33-25(4,5)6)23(30)27-18-11-12-19-17(3)14-22(29)32-21(19)15-18/h11-12,14-16,20H,8-10,13H2,1-7H3,(H,27,30)(H,28,31). The fourth-order valence-corrected chi connectivity index (χ4v) is 6.21.